The minimum atomic E-state index is -0.278. The third kappa shape index (κ3) is 3.30. The summed E-state index contributed by atoms with van der Waals surface area (Å²) in [6.45, 7) is 4.25. The van der Waals surface area contributed by atoms with E-state index in [0.717, 1.165) is 29.0 Å². The fourth-order valence-electron chi connectivity index (χ4n) is 1.73. The summed E-state index contributed by atoms with van der Waals surface area (Å²) in [6, 6.07) is 7.78. The van der Waals surface area contributed by atoms with Crippen LogP contribution in [0, 0.1) is 0 Å². The van der Waals surface area contributed by atoms with Gasteiger partial charge in [0.15, 0.2) is 0 Å². The normalized spacial score (nSPS) is 12.2. The number of hydrogen-bond donors (Lipinski definition) is 1. The van der Waals surface area contributed by atoms with Crippen LogP contribution in [-0.4, -0.2) is 16.1 Å². The van der Waals surface area contributed by atoms with E-state index < -0.39 is 0 Å². The fraction of sp³-hybridized carbons (Fsp3) is 0.308. The number of amides is 1. The molecule has 1 unspecified atom stereocenters. The molecule has 0 spiro atoms. The van der Waals surface area contributed by atoms with Gasteiger partial charge >= 0.3 is 0 Å². The van der Waals surface area contributed by atoms with Crippen LogP contribution in [0.3, 0.4) is 0 Å². The van der Waals surface area contributed by atoms with Crippen molar-refractivity contribution < 1.29 is 4.79 Å². The van der Waals surface area contributed by atoms with Gasteiger partial charge in [-0.3, -0.25) is 4.79 Å². The molecule has 0 aliphatic rings. The molecule has 1 aromatic carbocycles. The average Bonchev–Trinajstić information content (AvgIpc) is 2.85. The van der Waals surface area contributed by atoms with Crippen LogP contribution in [0.25, 0.3) is 0 Å². The Morgan fingerprint density at radius 3 is 2.79 bits per heavy atom. The molecule has 1 atom stereocenters. The third-order valence-electron chi connectivity index (χ3n) is 2.95. The largest absolute Gasteiger partial charge is 0.320 e. The SMILES string of the molecule is CCC(C)c1ccccc1NC(=O)c1nnc(Cl)s1. The predicted molar refractivity (Wildman–Crippen MR) is 78.0 cm³/mol. The number of para-hydroxylation sites is 1. The smallest absolute Gasteiger partial charge is 0.286 e. The first-order chi connectivity index (χ1) is 9.11. The van der Waals surface area contributed by atoms with Crippen molar-refractivity contribution in [2.24, 2.45) is 0 Å². The van der Waals surface area contributed by atoms with Gasteiger partial charge in [0.2, 0.25) is 9.47 Å². The van der Waals surface area contributed by atoms with Gasteiger partial charge in [0.1, 0.15) is 0 Å². The van der Waals surface area contributed by atoms with Gasteiger partial charge in [0.05, 0.1) is 0 Å². The van der Waals surface area contributed by atoms with Crippen LogP contribution in [0.15, 0.2) is 24.3 Å². The number of benzene rings is 1. The van der Waals surface area contributed by atoms with Crippen LogP contribution in [0.1, 0.15) is 41.6 Å². The average molecular weight is 296 g/mol. The molecule has 6 heteroatoms. The Balaban J connectivity index is 2.21. The molecule has 100 valence electrons. The standard InChI is InChI=1S/C13H14ClN3OS/c1-3-8(2)9-6-4-5-7-10(9)15-11(18)12-16-17-13(14)19-12/h4-8H,3H2,1-2H3,(H,15,18). The maximum absolute atomic E-state index is 12.0. The number of anilines is 1. The highest BCUT2D eigenvalue weighted by molar-refractivity contribution is 7.17. The van der Waals surface area contributed by atoms with E-state index >= 15 is 0 Å². The topological polar surface area (TPSA) is 54.9 Å². The van der Waals surface area contributed by atoms with E-state index in [0.29, 0.717) is 5.92 Å². The van der Waals surface area contributed by atoms with E-state index in [4.69, 9.17) is 11.6 Å². The molecule has 1 amide bonds. The lowest BCUT2D eigenvalue weighted by atomic mass is 9.97. The molecule has 0 saturated carbocycles. The molecule has 4 nitrogen and oxygen atoms in total. The number of aromatic nitrogens is 2. The molecule has 19 heavy (non-hydrogen) atoms. The molecule has 2 aromatic rings. The van der Waals surface area contributed by atoms with E-state index in [1.165, 1.54) is 0 Å². The molecule has 0 aliphatic carbocycles. The Morgan fingerprint density at radius 2 is 2.16 bits per heavy atom. The van der Waals surface area contributed by atoms with E-state index in [9.17, 15) is 4.79 Å². The molecule has 1 aromatic heterocycles. The lowest BCUT2D eigenvalue weighted by molar-refractivity contribution is 0.102. The van der Waals surface area contributed by atoms with Gasteiger partial charge in [-0.25, -0.2) is 0 Å². The summed E-state index contributed by atoms with van der Waals surface area (Å²) in [6.07, 6.45) is 1.01. The van der Waals surface area contributed by atoms with Crippen LogP contribution in [0.5, 0.6) is 0 Å². The van der Waals surface area contributed by atoms with Gasteiger partial charge in [-0.2, -0.15) is 0 Å². The van der Waals surface area contributed by atoms with Crippen LogP contribution in [0.4, 0.5) is 5.69 Å². The molecule has 0 radical (unpaired) electrons. The Hall–Kier alpha value is -1.46. The first-order valence-corrected chi connectivity index (χ1v) is 7.20. The highest BCUT2D eigenvalue weighted by Crippen LogP contribution is 2.27. The van der Waals surface area contributed by atoms with E-state index in [2.05, 4.69) is 29.4 Å². The molecule has 0 aliphatic heterocycles. The lowest BCUT2D eigenvalue weighted by Crippen LogP contribution is -2.13. The van der Waals surface area contributed by atoms with Crippen LogP contribution in [0.2, 0.25) is 4.47 Å². The van der Waals surface area contributed by atoms with Crippen molar-refractivity contribution >= 4 is 34.5 Å². The molecule has 1 N–H and O–H groups in total. The van der Waals surface area contributed by atoms with Gasteiger partial charge in [-0.05, 0) is 35.6 Å². The van der Waals surface area contributed by atoms with Crippen LogP contribution in [-0.2, 0) is 0 Å². The zero-order valence-electron chi connectivity index (χ0n) is 10.7. The summed E-state index contributed by atoms with van der Waals surface area (Å²) in [5, 5.41) is 10.5. The molecular weight excluding hydrogens is 282 g/mol. The third-order valence-corrected chi connectivity index (χ3v) is 3.96. The molecule has 0 fully saturated rings. The quantitative estimate of drug-likeness (QED) is 0.929. The second-order valence-corrected chi connectivity index (χ2v) is 5.77. The number of hydrogen-bond acceptors (Lipinski definition) is 4. The summed E-state index contributed by atoms with van der Waals surface area (Å²) < 4.78 is 0.264. The fourth-order valence-corrected chi connectivity index (χ4v) is 2.46. The van der Waals surface area contributed by atoms with Crippen molar-refractivity contribution in [1.29, 1.82) is 0 Å². The predicted octanol–water partition coefficient (Wildman–Crippen LogP) is 3.96. The zero-order chi connectivity index (χ0) is 13.8. The minimum absolute atomic E-state index is 0.264. The highest BCUT2D eigenvalue weighted by Gasteiger charge is 2.15. The zero-order valence-corrected chi connectivity index (χ0v) is 12.3. The van der Waals surface area contributed by atoms with Crippen molar-refractivity contribution in [2.45, 2.75) is 26.2 Å². The highest BCUT2D eigenvalue weighted by atomic mass is 35.5. The monoisotopic (exact) mass is 295 g/mol. The number of nitrogens with one attached hydrogen (secondary N) is 1. The van der Waals surface area contributed by atoms with Crippen molar-refractivity contribution in [3.63, 3.8) is 0 Å². The Bertz CT molecular complexity index is 585. The van der Waals surface area contributed by atoms with Crippen molar-refractivity contribution in [1.82, 2.24) is 10.2 Å². The molecule has 0 saturated heterocycles. The number of carbonyl (C=O) groups is 1. The summed E-state index contributed by atoms with van der Waals surface area (Å²) >= 11 is 6.74. The summed E-state index contributed by atoms with van der Waals surface area (Å²) in [5.41, 5.74) is 1.93. The summed E-state index contributed by atoms with van der Waals surface area (Å²) in [5.74, 6) is 0.106. The van der Waals surface area contributed by atoms with Gasteiger partial charge in [-0.1, -0.05) is 43.4 Å². The summed E-state index contributed by atoms with van der Waals surface area (Å²) in [4.78, 5) is 12.0. The summed E-state index contributed by atoms with van der Waals surface area (Å²) in [7, 11) is 0. The second kappa shape index (κ2) is 6.12. The number of nitrogens with zero attached hydrogens (tertiary/aromatic N) is 2. The number of halogens is 1. The van der Waals surface area contributed by atoms with Crippen LogP contribution >= 0.6 is 22.9 Å². The van der Waals surface area contributed by atoms with Gasteiger partial charge in [0, 0.05) is 5.69 Å². The maximum Gasteiger partial charge on any atom is 0.286 e. The molecular formula is C13H14ClN3OS. The minimum Gasteiger partial charge on any atom is -0.320 e. The Kier molecular flexibility index (Phi) is 4.50. The van der Waals surface area contributed by atoms with Crippen molar-refractivity contribution in [3.05, 3.63) is 39.3 Å². The lowest BCUT2D eigenvalue weighted by Gasteiger charge is -2.14. The van der Waals surface area contributed by atoms with Gasteiger partial charge < -0.3 is 5.32 Å². The first-order valence-electron chi connectivity index (χ1n) is 6.01. The maximum atomic E-state index is 12.0. The first kappa shape index (κ1) is 14.0. The van der Waals surface area contributed by atoms with Gasteiger partial charge in [-0.15, -0.1) is 10.2 Å². The van der Waals surface area contributed by atoms with Crippen LogP contribution < -0.4 is 5.32 Å². The molecule has 1 heterocycles. The number of rotatable bonds is 4. The van der Waals surface area contributed by atoms with E-state index in [1.807, 2.05) is 24.3 Å². The van der Waals surface area contributed by atoms with E-state index in [1.54, 1.807) is 0 Å². The van der Waals surface area contributed by atoms with Gasteiger partial charge in [0.25, 0.3) is 5.91 Å². The number of carbonyl (C=O) groups excluding carboxylic acids is 1. The Labute approximate surface area is 120 Å². The second-order valence-electron chi connectivity index (χ2n) is 4.21. The van der Waals surface area contributed by atoms with E-state index in [-0.39, 0.29) is 15.4 Å². The molecule has 2 rings (SSSR count). The Morgan fingerprint density at radius 1 is 1.42 bits per heavy atom. The van der Waals surface area contributed by atoms with Crippen molar-refractivity contribution in [2.75, 3.05) is 5.32 Å². The van der Waals surface area contributed by atoms with Crippen molar-refractivity contribution in [3.8, 4) is 0 Å². The molecule has 0 bridgehead atoms.